The molecule has 1 aromatic rings. The zero-order valence-electron chi connectivity index (χ0n) is 13.8. The maximum Gasteiger partial charge on any atom is 0.0534 e. The Labute approximate surface area is 128 Å². The molecule has 2 heterocycles. The second-order valence-electron chi connectivity index (χ2n) is 7.21. The molecule has 1 aromatic heterocycles. The molecule has 118 valence electrons. The minimum atomic E-state index is 0.403. The van der Waals surface area contributed by atoms with Crippen LogP contribution in [0.25, 0.3) is 0 Å². The Morgan fingerprint density at radius 2 is 2.19 bits per heavy atom. The predicted molar refractivity (Wildman–Crippen MR) is 86.1 cm³/mol. The zero-order valence-corrected chi connectivity index (χ0v) is 13.8. The Balaban J connectivity index is 1.76. The van der Waals surface area contributed by atoms with Crippen LogP contribution in [0.3, 0.4) is 0 Å². The zero-order chi connectivity index (χ0) is 14.9. The van der Waals surface area contributed by atoms with Gasteiger partial charge in [0.15, 0.2) is 0 Å². The third-order valence-corrected chi connectivity index (χ3v) is 5.78. The number of aromatic nitrogens is 2. The summed E-state index contributed by atoms with van der Waals surface area (Å²) in [7, 11) is 2.01. The lowest BCUT2D eigenvalue weighted by molar-refractivity contribution is 0.0239. The van der Waals surface area contributed by atoms with Crippen LogP contribution in [0.4, 0.5) is 0 Å². The van der Waals surface area contributed by atoms with Gasteiger partial charge in [0, 0.05) is 50.0 Å². The fourth-order valence-corrected chi connectivity index (χ4v) is 4.13. The normalized spacial score (nSPS) is 27.3. The van der Waals surface area contributed by atoms with Crippen molar-refractivity contribution in [3.05, 3.63) is 18.0 Å². The molecule has 21 heavy (non-hydrogen) atoms. The summed E-state index contributed by atoms with van der Waals surface area (Å²) >= 11 is 0. The molecule has 1 saturated heterocycles. The van der Waals surface area contributed by atoms with Crippen molar-refractivity contribution in [3.63, 3.8) is 0 Å². The Bertz CT molecular complexity index is 461. The molecule has 1 aliphatic heterocycles. The number of rotatable bonds is 4. The quantitative estimate of drug-likeness (QED) is 0.925. The lowest BCUT2D eigenvalue weighted by Gasteiger charge is -2.49. The summed E-state index contributed by atoms with van der Waals surface area (Å²) in [5.41, 5.74) is 1.76. The van der Waals surface area contributed by atoms with Crippen molar-refractivity contribution in [2.24, 2.45) is 13.0 Å². The molecule has 2 unspecified atom stereocenters. The minimum absolute atomic E-state index is 0.403. The van der Waals surface area contributed by atoms with Crippen LogP contribution in [-0.2, 0) is 13.6 Å². The van der Waals surface area contributed by atoms with E-state index in [4.69, 9.17) is 0 Å². The molecule has 2 atom stereocenters. The average molecular weight is 290 g/mol. The van der Waals surface area contributed by atoms with Gasteiger partial charge in [0.05, 0.1) is 6.20 Å². The number of piperazine rings is 1. The van der Waals surface area contributed by atoms with Crippen molar-refractivity contribution >= 4 is 0 Å². The topological polar surface area (TPSA) is 33.1 Å². The third-order valence-electron chi connectivity index (χ3n) is 5.78. The summed E-state index contributed by atoms with van der Waals surface area (Å²) in [6.07, 6.45) is 10.9. The summed E-state index contributed by atoms with van der Waals surface area (Å²) in [6, 6.07) is 0.637. The lowest BCUT2D eigenvalue weighted by atomic mass is 9.87. The molecule has 0 aromatic carbocycles. The van der Waals surface area contributed by atoms with E-state index in [-0.39, 0.29) is 0 Å². The fourth-order valence-electron chi connectivity index (χ4n) is 4.13. The van der Waals surface area contributed by atoms with E-state index >= 15 is 0 Å². The van der Waals surface area contributed by atoms with Crippen molar-refractivity contribution in [1.82, 2.24) is 20.0 Å². The van der Waals surface area contributed by atoms with Crippen molar-refractivity contribution in [1.29, 1.82) is 0 Å². The molecule has 4 heteroatoms. The number of nitrogens with one attached hydrogen (secondary N) is 1. The fraction of sp³-hybridized carbons (Fsp3) is 0.824. The van der Waals surface area contributed by atoms with E-state index in [1.165, 1.54) is 50.8 Å². The van der Waals surface area contributed by atoms with Gasteiger partial charge in [0.25, 0.3) is 0 Å². The maximum atomic E-state index is 4.34. The van der Waals surface area contributed by atoms with Gasteiger partial charge in [-0.2, -0.15) is 5.10 Å². The number of hydrogen-bond acceptors (Lipinski definition) is 3. The molecule has 0 radical (unpaired) electrons. The van der Waals surface area contributed by atoms with Gasteiger partial charge in [0.1, 0.15) is 0 Å². The Morgan fingerprint density at radius 3 is 2.81 bits per heavy atom. The van der Waals surface area contributed by atoms with Crippen LogP contribution < -0.4 is 5.32 Å². The van der Waals surface area contributed by atoms with Crippen LogP contribution >= 0.6 is 0 Å². The van der Waals surface area contributed by atoms with E-state index in [0.29, 0.717) is 11.6 Å². The number of nitrogens with zero attached hydrogens (tertiary/aromatic N) is 3. The first kappa shape index (κ1) is 15.0. The van der Waals surface area contributed by atoms with E-state index < -0.39 is 0 Å². The van der Waals surface area contributed by atoms with Crippen LogP contribution in [0.15, 0.2) is 12.4 Å². The third kappa shape index (κ3) is 3.02. The van der Waals surface area contributed by atoms with Gasteiger partial charge in [0.2, 0.25) is 0 Å². The average Bonchev–Trinajstić information content (AvgIpc) is 3.11. The second kappa shape index (κ2) is 6.09. The van der Waals surface area contributed by atoms with Gasteiger partial charge >= 0.3 is 0 Å². The van der Waals surface area contributed by atoms with E-state index in [1.807, 2.05) is 17.9 Å². The smallest absolute Gasteiger partial charge is 0.0534 e. The molecule has 2 fully saturated rings. The van der Waals surface area contributed by atoms with Crippen LogP contribution in [0.1, 0.15) is 51.5 Å². The first-order valence-corrected chi connectivity index (χ1v) is 8.59. The monoisotopic (exact) mass is 290 g/mol. The summed E-state index contributed by atoms with van der Waals surface area (Å²) in [6.45, 7) is 8.10. The van der Waals surface area contributed by atoms with E-state index in [1.54, 1.807) is 0 Å². The highest BCUT2D eigenvalue weighted by molar-refractivity contribution is 5.09. The van der Waals surface area contributed by atoms with Gasteiger partial charge in [-0.25, -0.2) is 0 Å². The Hall–Kier alpha value is -0.870. The van der Waals surface area contributed by atoms with Gasteiger partial charge in [-0.1, -0.05) is 33.1 Å². The molecule has 0 amide bonds. The maximum absolute atomic E-state index is 4.34. The highest BCUT2D eigenvalue weighted by atomic mass is 15.3. The molecule has 1 aliphatic carbocycles. The molecule has 4 nitrogen and oxygen atoms in total. The highest BCUT2D eigenvalue weighted by Gasteiger charge is 2.44. The molecule has 0 bridgehead atoms. The Morgan fingerprint density at radius 1 is 1.43 bits per heavy atom. The predicted octanol–water partition coefficient (Wildman–Crippen LogP) is 2.55. The minimum Gasteiger partial charge on any atom is -0.311 e. The van der Waals surface area contributed by atoms with Gasteiger partial charge in [-0.15, -0.1) is 0 Å². The molecule has 1 N–H and O–H groups in total. The molecule has 3 rings (SSSR count). The van der Waals surface area contributed by atoms with Crippen LogP contribution in [0.2, 0.25) is 0 Å². The highest BCUT2D eigenvalue weighted by Crippen LogP contribution is 2.38. The van der Waals surface area contributed by atoms with Crippen molar-refractivity contribution < 1.29 is 0 Å². The first-order valence-electron chi connectivity index (χ1n) is 8.59. The standard InChI is InChI=1S/C17H30N4/c1-4-14(2)16-12-21(11-15-9-19-20(3)10-15)17(13-18-16)7-5-6-8-17/h9-10,14,16,18H,4-8,11-13H2,1-3H3. The van der Waals surface area contributed by atoms with Crippen molar-refractivity contribution in [3.8, 4) is 0 Å². The number of aryl methyl sites for hydroxylation is 1. The molecular weight excluding hydrogens is 260 g/mol. The molecule has 1 spiro atoms. The van der Waals surface area contributed by atoms with Gasteiger partial charge in [-0.3, -0.25) is 9.58 Å². The first-order chi connectivity index (χ1) is 10.1. The van der Waals surface area contributed by atoms with Crippen molar-refractivity contribution in [2.45, 2.75) is 64.1 Å². The van der Waals surface area contributed by atoms with E-state index in [2.05, 4.69) is 35.4 Å². The largest absolute Gasteiger partial charge is 0.311 e. The van der Waals surface area contributed by atoms with Crippen LogP contribution in [0.5, 0.6) is 0 Å². The number of hydrogen-bond donors (Lipinski definition) is 1. The Kier molecular flexibility index (Phi) is 4.36. The molecular formula is C17H30N4. The van der Waals surface area contributed by atoms with E-state index in [0.717, 1.165) is 12.5 Å². The molecule has 2 aliphatic rings. The van der Waals surface area contributed by atoms with Gasteiger partial charge in [-0.05, 0) is 18.8 Å². The van der Waals surface area contributed by atoms with Crippen LogP contribution in [-0.4, -0.2) is 39.4 Å². The molecule has 1 saturated carbocycles. The SMILES string of the molecule is CCC(C)C1CN(Cc2cnn(C)c2)C2(CCCC2)CN1. The lowest BCUT2D eigenvalue weighted by Crippen LogP contribution is -2.64. The second-order valence-corrected chi connectivity index (χ2v) is 7.21. The van der Waals surface area contributed by atoms with Gasteiger partial charge < -0.3 is 5.32 Å². The van der Waals surface area contributed by atoms with Crippen LogP contribution in [0, 0.1) is 5.92 Å². The van der Waals surface area contributed by atoms with E-state index in [9.17, 15) is 0 Å². The summed E-state index contributed by atoms with van der Waals surface area (Å²) in [5, 5.41) is 8.20. The summed E-state index contributed by atoms with van der Waals surface area (Å²) < 4.78 is 1.92. The van der Waals surface area contributed by atoms with Crippen molar-refractivity contribution in [2.75, 3.05) is 13.1 Å². The summed E-state index contributed by atoms with van der Waals surface area (Å²) in [4.78, 5) is 2.77. The summed E-state index contributed by atoms with van der Waals surface area (Å²) in [5.74, 6) is 0.750.